The van der Waals surface area contributed by atoms with Crippen LogP contribution in [-0.4, -0.2) is 28.3 Å². The molecule has 2 aromatic carbocycles. The number of thiazole rings is 1. The summed E-state index contributed by atoms with van der Waals surface area (Å²) < 4.78 is 26.6. The summed E-state index contributed by atoms with van der Waals surface area (Å²) in [6, 6.07) is 10.5. The Morgan fingerprint density at radius 3 is 2.77 bits per heavy atom. The van der Waals surface area contributed by atoms with E-state index in [-0.39, 0.29) is 12.1 Å². The van der Waals surface area contributed by atoms with Gasteiger partial charge in [-0.15, -0.1) is 11.3 Å². The number of hydrogen-bond donors (Lipinski definition) is 3. The van der Waals surface area contributed by atoms with Crippen LogP contribution in [0.15, 0.2) is 47.8 Å². The summed E-state index contributed by atoms with van der Waals surface area (Å²) in [6.07, 6.45) is 0. The number of aromatic nitrogens is 2. The van der Waals surface area contributed by atoms with Crippen molar-refractivity contribution in [1.82, 2.24) is 15.3 Å². The van der Waals surface area contributed by atoms with Crippen molar-refractivity contribution in [1.29, 1.82) is 0 Å². The van der Waals surface area contributed by atoms with Crippen molar-refractivity contribution in [2.24, 2.45) is 0 Å². The Morgan fingerprint density at radius 1 is 1.17 bits per heavy atom. The number of amides is 2. The Kier molecular flexibility index (Phi) is 5.28. The minimum Gasteiger partial charge on any atom is -0.358 e. The highest BCUT2D eigenvalue weighted by atomic mass is 32.1. The number of rotatable bonds is 5. The summed E-state index contributed by atoms with van der Waals surface area (Å²) in [5, 5.41) is 8.17. The largest absolute Gasteiger partial charge is 0.358 e. The van der Waals surface area contributed by atoms with E-state index in [0.717, 1.165) is 40.0 Å². The fourth-order valence-corrected chi connectivity index (χ4v) is 3.86. The van der Waals surface area contributed by atoms with E-state index >= 15 is 0 Å². The van der Waals surface area contributed by atoms with Gasteiger partial charge < -0.3 is 15.6 Å². The summed E-state index contributed by atoms with van der Waals surface area (Å²) in [5.74, 6) is -3.10. The maximum Gasteiger partial charge on any atom is 0.254 e. The van der Waals surface area contributed by atoms with Crippen LogP contribution in [0, 0.1) is 18.6 Å². The van der Waals surface area contributed by atoms with Gasteiger partial charge in [0.2, 0.25) is 5.91 Å². The Hall–Kier alpha value is -3.59. The summed E-state index contributed by atoms with van der Waals surface area (Å²) >= 11 is 1.26. The average Bonchev–Trinajstić information content (AvgIpc) is 3.28. The number of nitrogens with one attached hydrogen (secondary N) is 3. The Balaban J connectivity index is 1.42. The normalized spacial score (nSPS) is 10.9. The molecule has 30 heavy (non-hydrogen) atoms. The highest BCUT2D eigenvalue weighted by Gasteiger charge is 2.16. The van der Waals surface area contributed by atoms with Crippen molar-refractivity contribution in [3.05, 3.63) is 70.7 Å². The van der Waals surface area contributed by atoms with E-state index in [9.17, 15) is 18.4 Å². The second-order valence-corrected chi connectivity index (χ2v) is 7.42. The number of anilines is 1. The fourth-order valence-electron chi connectivity index (χ4n) is 3.15. The molecule has 0 saturated heterocycles. The van der Waals surface area contributed by atoms with Crippen LogP contribution in [0.3, 0.4) is 0 Å². The van der Waals surface area contributed by atoms with Crippen molar-refractivity contribution >= 4 is 39.2 Å². The van der Waals surface area contributed by atoms with Crippen molar-refractivity contribution in [2.75, 3.05) is 11.9 Å². The third kappa shape index (κ3) is 3.92. The number of nitrogens with zero attached hydrogens (tertiary/aromatic N) is 1. The minimum atomic E-state index is -0.994. The van der Waals surface area contributed by atoms with E-state index in [1.165, 1.54) is 11.3 Å². The predicted octanol–water partition coefficient (Wildman–Crippen LogP) is 4.25. The van der Waals surface area contributed by atoms with Gasteiger partial charge in [-0.2, -0.15) is 0 Å². The van der Waals surface area contributed by atoms with Crippen LogP contribution < -0.4 is 10.6 Å². The smallest absolute Gasteiger partial charge is 0.254 e. The molecule has 0 spiro atoms. The number of fused-ring (bicyclic) bond motifs is 1. The van der Waals surface area contributed by atoms with E-state index in [1.807, 2.05) is 36.6 Å². The third-order valence-electron chi connectivity index (χ3n) is 4.49. The highest BCUT2D eigenvalue weighted by Crippen LogP contribution is 2.33. The van der Waals surface area contributed by atoms with E-state index in [2.05, 4.69) is 20.6 Å². The molecule has 2 aromatic heterocycles. The number of para-hydroxylation sites is 1. The lowest BCUT2D eigenvalue weighted by Crippen LogP contribution is -2.33. The van der Waals surface area contributed by atoms with Crippen LogP contribution in [0.1, 0.15) is 16.1 Å². The number of aryl methyl sites for hydroxylation is 1. The van der Waals surface area contributed by atoms with E-state index < -0.39 is 23.4 Å². The number of hydrogen-bond acceptors (Lipinski definition) is 4. The van der Waals surface area contributed by atoms with Crippen LogP contribution >= 0.6 is 11.3 Å². The van der Waals surface area contributed by atoms with Crippen molar-refractivity contribution in [3.8, 4) is 11.3 Å². The SMILES string of the molecule is Cc1[nH]c2ccccc2c1-c1csc(NC(=O)CNC(=O)c2ccc(F)cc2F)n1. The number of halogens is 2. The molecule has 9 heteroatoms. The van der Waals surface area contributed by atoms with Crippen LogP contribution in [-0.2, 0) is 4.79 Å². The fraction of sp³-hybridized carbons (Fsp3) is 0.0952. The first kappa shape index (κ1) is 19.7. The molecule has 2 heterocycles. The van der Waals surface area contributed by atoms with E-state index in [4.69, 9.17) is 0 Å². The van der Waals surface area contributed by atoms with Crippen LogP contribution in [0.4, 0.5) is 13.9 Å². The number of carbonyl (C=O) groups is 2. The summed E-state index contributed by atoms with van der Waals surface area (Å²) in [7, 11) is 0. The molecule has 4 aromatic rings. The molecule has 6 nitrogen and oxygen atoms in total. The molecule has 0 aliphatic rings. The average molecular weight is 426 g/mol. The van der Waals surface area contributed by atoms with Crippen molar-refractivity contribution in [3.63, 3.8) is 0 Å². The summed E-state index contributed by atoms with van der Waals surface area (Å²) in [4.78, 5) is 31.9. The van der Waals surface area contributed by atoms with Crippen molar-refractivity contribution in [2.45, 2.75) is 6.92 Å². The molecule has 0 radical (unpaired) electrons. The first-order chi connectivity index (χ1) is 14.4. The second-order valence-electron chi connectivity index (χ2n) is 6.56. The lowest BCUT2D eigenvalue weighted by atomic mass is 10.1. The molecule has 0 aliphatic carbocycles. The molecule has 0 unspecified atom stereocenters. The van der Waals surface area contributed by atoms with Crippen LogP contribution in [0.5, 0.6) is 0 Å². The maximum absolute atomic E-state index is 13.6. The number of aromatic amines is 1. The van der Waals surface area contributed by atoms with E-state index in [1.54, 1.807) is 0 Å². The maximum atomic E-state index is 13.6. The zero-order valence-electron chi connectivity index (χ0n) is 15.8. The molecule has 0 bridgehead atoms. The van der Waals surface area contributed by atoms with Gasteiger partial charge in [0.15, 0.2) is 5.13 Å². The van der Waals surface area contributed by atoms with Gasteiger partial charge in [0.05, 0.1) is 17.8 Å². The minimum absolute atomic E-state index is 0.337. The standard InChI is InChI=1S/C21H16F2N4O2S/c1-11-19(14-4-2-3-5-16(14)25-11)17-10-30-21(26-17)27-18(28)9-24-20(29)13-7-6-12(22)8-15(13)23/h2-8,10,25H,9H2,1H3,(H,24,29)(H,26,27,28). The molecule has 0 aliphatic heterocycles. The van der Waals surface area contributed by atoms with Gasteiger partial charge in [-0.3, -0.25) is 9.59 Å². The van der Waals surface area contributed by atoms with Gasteiger partial charge >= 0.3 is 0 Å². The molecule has 0 atom stereocenters. The first-order valence-corrected chi connectivity index (χ1v) is 9.86. The third-order valence-corrected chi connectivity index (χ3v) is 5.24. The molecular weight excluding hydrogens is 410 g/mol. The van der Waals surface area contributed by atoms with Gasteiger partial charge in [0, 0.05) is 33.6 Å². The second kappa shape index (κ2) is 8.03. The molecule has 4 rings (SSSR count). The number of benzene rings is 2. The van der Waals surface area contributed by atoms with Gasteiger partial charge in [0.1, 0.15) is 11.6 Å². The van der Waals surface area contributed by atoms with Gasteiger partial charge in [0.25, 0.3) is 5.91 Å². The first-order valence-electron chi connectivity index (χ1n) is 8.98. The Bertz CT molecular complexity index is 1270. The van der Waals surface area contributed by atoms with Crippen LogP contribution in [0.2, 0.25) is 0 Å². The lowest BCUT2D eigenvalue weighted by Gasteiger charge is -2.06. The van der Waals surface area contributed by atoms with Crippen molar-refractivity contribution < 1.29 is 18.4 Å². The Morgan fingerprint density at radius 2 is 1.97 bits per heavy atom. The van der Waals surface area contributed by atoms with Gasteiger partial charge in [-0.05, 0) is 25.1 Å². The molecule has 0 fully saturated rings. The zero-order valence-corrected chi connectivity index (χ0v) is 16.6. The van der Waals surface area contributed by atoms with Crippen LogP contribution in [0.25, 0.3) is 22.2 Å². The molecular formula is C21H16F2N4O2S. The predicted molar refractivity (Wildman–Crippen MR) is 111 cm³/mol. The monoisotopic (exact) mass is 426 g/mol. The van der Waals surface area contributed by atoms with Gasteiger partial charge in [-0.25, -0.2) is 13.8 Å². The summed E-state index contributed by atoms with van der Waals surface area (Å²) in [5.41, 5.74) is 3.31. The van der Waals surface area contributed by atoms with E-state index in [0.29, 0.717) is 11.2 Å². The topological polar surface area (TPSA) is 86.9 Å². The number of H-pyrrole nitrogens is 1. The highest BCUT2D eigenvalue weighted by molar-refractivity contribution is 7.14. The molecule has 0 saturated carbocycles. The Labute approximate surface area is 174 Å². The lowest BCUT2D eigenvalue weighted by molar-refractivity contribution is -0.115. The summed E-state index contributed by atoms with van der Waals surface area (Å²) in [6.45, 7) is 1.58. The molecule has 3 N–H and O–H groups in total. The van der Waals surface area contributed by atoms with Gasteiger partial charge in [-0.1, -0.05) is 18.2 Å². The quantitative estimate of drug-likeness (QED) is 0.446. The zero-order chi connectivity index (χ0) is 21.3. The molecule has 2 amide bonds. The number of carbonyl (C=O) groups excluding carboxylic acids is 2. The molecule has 152 valence electrons.